The summed E-state index contributed by atoms with van der Waals surface area (Å²) in [7, 11) is 0. The number of nitrogens with zero attached hydrogens (tertiary/aromatic N) is 2. The molecule has 0 aliphatic rings. The second-order valence-electron chi connectivity index (χ2n) is 6.29. The van der Waals surface area contributed by atoms with Crippen molar-refractivity contribution >= 4 is 47.2 Å². The van der Waals surface area contributed by atoms with E-state index in [1.165, 1.54) is 0 Å². The number of aliphatic imine (C=N–C) groups is 1. The number of hydrogen-bond acceptors (Lipinski definition) is 5. The second-order valence-corrected chi connectivity index (χ2v) is 7.23. The Hall–Kier alpha value is -1.68. The van der Waals surface area contributed by atoms with Crippen LogP contribution in [-0.4, -0.2) is 30.1 Å². The van der Waals surface area contributed by atoms with Crippen LogP contribution in [0.2, 0.25) is 0 Å². The molecular formula is C20H29IN4O2S. The molecule has 0 unspecified atom stereocenters. The maximum absolute atomic E-state index is 11.7. The van der Waals surface area contributed by atoms with Gasteiger partial charge in [-0.15, -0.1) is 35.3 Å². The number of nitrogens with one attached hydrogen (secondary N) is 2. The fourth-order valence-corrected chi connectivity index (χ4v) is 3.20. The topological polar surface area (TPSA) is 75.6 Å². The minimum Gasteiger partial charge on any atom is -0.462 e. The average Bonchev–Trinajstić information content (AvgIpc) is 3.14. The third kappa shape index (κ3) is 7.75. The lowest BCUT2D eigenvalue weighted by molar-refractivity contribution is 0.0526. The van der Waals surface area contributed by atoms with Gasteiger partial charge in [-0.2, -0.15) is 0 Å². The molecule has 1 aromatic carbocycles. The zero-order valence-corrected chi connectivity index (χ0v) is 20.0. The van der Waals surface area contributed by atoms with Crippen LogP contribution >= 0.6 is 35.3 Å². The van der Waals surface area contributed by atoms with Gasteiger partial charge in [-0.25, -0.2) is 14.8 Å². The van der Waals surface area contributed by atoms with Crippen LogP contribution < -0.4 is 10.6 Å². The summed E-state index contributed by atoms with van der Waals surface area (Å²) in [6.45, 7) is 10.4. The standard InChI is InChI=1S/C20H28N4O2S.HI/c1-5-21-20(23-12-18-24-17(13-27-18)14(3)4)22-11-15-7-9-16(10-8-15)19(25)26-6-2;/h7-10,13-14H,5-6,11-12H2,1-4H3,(H2,21,22,23);1H. The summed E-state index contributed by atoms with van der Waals surface area (Å²) in [6.07, 6.45) is 0. The Morgan fingerprint density at radius 2 is 1.93 bits per heavy atom. The number of hydrogen-bond donors (Lipinski definition) is 2. The fourth-order valence-electron chi connectivity index (χ4n) is 2.30. The summed E-state index contributed by atoms with van der Waals surface area (Å²) in [4.78, 5) is 20.9. The van der Waals surface area contributed by atoms with Crippen molar-refractivity contribution < 1.29 is 9.53 Å². The first-order valence-electron chi connectivity index (χ1n) is 9.26. The molecule has 6 nitrogen and oxygen atoms in total. The van der Waals surface area contributed by atoms with E-state index in [1.807, 2.05) is 19.1 Å². The van der Waals surface area contributed by atoms with Gasteiger partial charge in [0.2, 0.25) is 0 Å². The molecule has 2 aromatic rings. The summed E-state index contributed by atoms with van der Waals surface area (Å²) < 4.78 is 5.00. The highest BCUT2D eigenvalue weighted by atomic mass is 127. The van der Waals surface area contributed by atoms with Gasteiger partial charge in [-0.3, -0.25) is 0 Å². The highest BCUT2D eigenvalue weighted by molar-refractivity contribution is 14.0. The van der Waals surface area contributed by atoms with Gasteiger partial charge in [0.05, 0.1) is 31.0 Å². The molecule has 154 valence electrons. The summed E-state index contributed by atoms with van der Waals surface area (Å²) in [5.74, 6) is 0.884. The highest BCUT2D eigenvalue weighted by Crippen LogP contribution is 2.17. The normalized spacial score (nSPS) is 11.1. The van der Waals surface area contributed by atoms with E-state index >= 15 is 0 Å². The maximum Gasteiger partial charge on any atom is 0.338 e. The number of aromatic nitrogens is 1. The van der Waals surface area contributed by atoms with Crippen molar-refractivity contribution in [2.45, 2.75) is 46.7 Å². The molecule has 0 aliphatic carbocycles. The minimum absolute atomic E-state index is 0. The van der Waals surface area contributed by atoms with Gasteiger partial charge in [0.25, 0.3) is 0 Å². The average molecular weight is 516 g/mol. The van der Waals surface area contributed by atoms with E-state index in [0.717, 1.165) is 28.8 Å². The number of thiazole rings is 1. The molecule has 1 heterocycles. The number of rotatable bonds is 8. The number of halogens is 1. The van der Waals surface area contributed by atoms with Crippen molar-refractivity contribution in [3.05, 3.63) is 51.5 Å². The van der Waals surface area contributed by atoms with Crippen LogP contribution in [0.4, 0.5) is 0 Å². The van der Waals surface area contributed by atoms with Gasteiger partial charge < -0.3 is 15.4 Å². The van der Waals surface area contributed by atoms with E-state index in [1.54, 1.807) is 30.4 Å². The molecule has 2 rings (SSSR count). The van der Waals surface area contributed by atoms with Crippen LogP contribution in [-0.2, 0) is 17.8 Å². The first-order valence-corrected chi connectivity index (χ1v) is 10.1. The molecule has 0 bridgehead atoms. The first kappa shape index (κ1) is 24.4. The van der Waals surface area contributed by atoms with E-state index in [4.69, 9.17) is 4.74 Å². The molecule has 0 atom stereocenters. The summed E-state index contributed by atoms with van der Waals surface area (Å²) in [5, 5.41) is 9.71. The lowest BCUT2D eigenvalue weighted by atomic mass is 10.1. The lowest BCUT2D eigenvalue weighted by Crippen LogP contribution is -2.36. The molecule has 0 fully saturated rings. The third-order valence-corrected chi connectivity index (χ3v) is 4.66. The van der Waals surface area contributed by atoms with Crippen LogP contribution in [0, 0.1) is 0 Å². The van der Waals surface area contributed by atoms with Gasteiger partial charge in [-0.1, -0.05) is 26.0 Å². The van der Waals surface area contributed by atoms with Crippen molar-refractivity contribution in [1.29, 1.82) is 0 Å². The fraction of sp³-hybridized carbons (Fsp3) is 0.450. The number of carbonyl (C=O) groups is 1. The zero-order valence-electron chi connectivity index (χ0n) is 16.8. The highest BCUT2D eigenvalue weighted by Gasteiger charge is 2.07. The summed E-state index contributed by atoms with van der Waals surface area (Å²) >= 11 is 1.66. The molecule has 1 aromatic heterocycles. The first-order chi connectivity index (χ1) is 13.0. The molecular weight excluding hydrogens is 487 g/mol. The predicted octanol–water partition coefficient (Wildman–Crippen LogP) is 4.32. The van der Waals surface area contributed by atoms with E-state index < -0.39 is 0 Å². The molecule has 0 spiro atoms. The van der Waals surface area contributed by atoms with E-state index in [0.29, 0.717) is 31.2 Å². The van der Waals surface area contributed by atoms with Crippen LogP contribution in [0.3, 0.4) is 0 Å². The van der Waals surface area contributed by atoms with Gasteiger partial charge >= 0.3 is 5.97 Å². The molecule has 0 aliphatic heterocycles. The minimum atomic E-state index is -0.299. The quantitative estimate of drug-likeness (QED) is 0.237. The molecule has 2 N–H and O–H groups in total. The van der Waals surface area contributed by atoms with Gasteiger partial charge in [0, 0.05) is 11.9 Å². The Morgan fingerprint density at radius 1 is 1.21 bits per heavy atom. The second kappa shape index (κ2) is 12.7. The Balaban J connectivity index is 0.00000392. The van der Waals surface area contributed by atoms with Crippen LogP contribution in [0.25, 0.3) is 0 Å². The number of esters is 1. The largest absolute Gasteiger partial charge is 0.462 e. The smallest absolute Gasteiger partial charge is 0.338 e. The Labute approximate surface area is 188 Å². The van der Waals surface area contributed by atoms with Crippen LogP contribution in [0.15, 0.2) is 34.6 Å². The van der Waals surface area contributed by atoms with Crippen molar-refractivity contribution in [3.8, 4) is 0 Å². The molecule has 0 saturated heterocycles. The Bertz CT molecular complexity index is 760. The predicted molar refractivity (Wildman–Crippen MR) is 126 cm³/mol. The number of ether oxygens (including phenoxy) is 1. The molecule has 0 radical (unpaired) electrons. The Kier molecular flexibility index (Phi) is 11.1. The summed E-state index contributed by atoms with van der Waals surface area (Å²) in [5.41, 5.74) is 2.70. The van der Waals surface area contributed by atoms with Gasteiger partial charge in [0.15, 0.2) is 5.96 Å². The maximum atomic E-state index is 11.7. The number of guanidine groups is 1. The molecule has 8 heteroatoms. The monoisotopic (exact) mass is 516 g/mol. The van der Waals surface area contributed by atoms with Gasteiger partial charge in [-0.05, 0) is 37.5 Å². The van der Waals surface area contributed by atoms with Crippen molar-refractivity contribution in [1.82, 2.24) is 15.6 Å². The van der Waals surface area contributed by atoms with Gasteiger partial charge in [0.1, 0.15) is 5.01 Å². The molecule has 0 saturated carbocycles. The SMILES string of the molecule is CCNC(=NCc1ccc(C(=O)OCC)cc1)NCc1nc(C(C)C)cs1.I. The third-order valence-electron chi connectivity index (χ3n) is 3.80. The number of benzene rings is 1. The van der Waals surface area contributed by atoms with Crippen molar-refractivity contribution in [3.63, 3.8) is 0 Å². The van der Waals surface area contributed by atoms with E-state index in [9.17, 15) is 4.79 Å². The lowest BCUT2D eigenvalue weighted by Gasteiger charge is -2.10. The van der Waals surface area contributed by atoms with Crippen LogP contribution in [0.1, 0.15) is 60.2 Å². The molecule has 0 amide bonds. The molecule has 28 heavy (non-hydrogen) atoms. The summed E-state index contributed by atoms with van der Waals surface area (Å²) in [6, 6.07) is 7.34. The van der Waals surface area contributed by atoms with E-state index in [-0.39, 0.29) is 29.9 Å². The Morgan fingerprint density at radius 3 is 2.50 bits per heavy atom. The van der Waals surface area contributed by atoms with E-state index in [2.05, 4.69) is 39.8 Å². The zero-order chi connectivity index (χ0) is 19.6. The van der Waals surface area contributed by atoms with Crippen molar-refractivity contribution in [2.75, 3.05) is 13.2 Å². The van der Waals surface area contributed by atoms with Crippen LogP contribution in [0.5, 0.6) is 0 Å². The number of carbonyl (C=O) groups excluding carboxylic acids is 1. The van der Waals surface area contributed by atoms with Crippen molar-refractivity contribution in [2.24, 2.45) is 4.99 Å².